The molecule has 4 heterocycles. The lowest BCUT2D eigenvalue weighted by Crippen LogP contribution is -2.23. The Hall–Kier alpha value is -3.71. The SMILES string of the molecule is Cc1nnc2nc(N3CCOCc4c3ccnc4C#CC(C)(C)C(F)F)c3c(F)cccc3n12. The van der Waals surface area contributed by atoms with Gasteiger partial charge in [0.05, 0.1) is 35.2 Å². The number of halogens is 3. The van der Waals surface area contributed by atoms with E-state index in [4.69, 9.17) is 4.74 Å². The lowest BCUT2D eigenvalue weighted by molar-refractivity contribution is 0.0570. The first kappa shape index (κ1) is 22.1. The molecule has 0 fully saturated rings. The van der Waals surface area contributed by atoms with Gasteiger partial charge in [-0.05, 0) is 44.9 Å². The van der Waals surface area contributed by atoms with Crippen LogP contribution in [-0.4, -0.2) is 44.1 Å². The van der Waals surface area contributed by atoms with Crippen LogP contribution in [0.1, 0.15) is 30.9 Å². The van der Waals surface area contributed by atoms with E-state index in [1.54, 1.807) is 35.7 Å². The summed E-state index contributed by atoms with van der Waals surface area (Å²) in [6.45, 7) is 5.43. The molecular formula is C24H21F3N6O. The molecule has 0 saturated carbocycles. The molecule has 4 aromatic rings. The van der Waals surface area contributed by atoms with Gasteiger partial charge >= 0.3 is 0 Å². The monoisotopic (exact) mass is 466 g/mol. The van der Waals surface area contributed by atoms with Crippen LogP contribution in [0.3, 0.4) is 0 Å². The van der Waals surface area contributed by atoms with Crippen LogP contribution in [0.5, 0.6) is 0 Å². The van der Waals surface area contributed by atoms with Crippen molar-refractivity contribution < 1.29 is 17.9 Å². The molecule has 3 aromatic heterocycles. The van der Waals surface area contributed by atoms with E-state index in [1.807, 2.05) is 4.90 Å². The van der Waals surface area contributed by atoms with Gasteiger partial charge in [0.25, 0.3) is 12.2 Å². The van der Waals surface area contributed by atoms with E-state index < -0.39 is 17.7 Å². The largest absolute Gasteiger partial charge is 0.375 e. The summed E-state index contributed by atoms with van der Waals surface area (Å²) in [5.41, 5.74) is 0.725. The van der Waals surface area contributed by atoms with Crippen LogP contribution in [0.2, 0.25) is 0 Å². The molecule has 0 saturated heterocycles. The van der Waals surface area contributed by atoms with Crippen molar-refractivity contribution in [2.45, 2.75) is 33.8 Å². The number of alkyl halides is 2. The normalized spacial score (nSPS) is 14.3. The molecule has 10 heteroatoms. The number of nitrogens with zero attached hydrogens (tertiary/aromatic N) is 6. The van der Waals surface area contributed by atoms with Crippen molar-refractivity contribution in [2.75, 3.05) is 18.1 Å². The molecule has 0 N–H and O–H groups in total. The average molecular weight is 466 g/mol. The molecule has 0 aliphatic carbocycles. The van der Waals surface area contributed by atoms with Gasteiger partial charge in [0.1, 0.15) is 23.2 Å². The zero-order valence-corrected chi connectivity index (χ0v) is 18.8. The van der Waals surface area contributed by atoms with Crippen molar-refractivity contribution in [2.24, 2.45) is 5.41 Å². The average Bonchev–Trinajstić information content (AvgIpc) is 3.05. The van der Waals surface area contributed by atoms with Crippen molar-refractivity contribution in [3.63, 3.8) is 0 Å². The molecule has 0 radical (unpaired) electrons. The highest BCUT2D eigenvalue weighted by Gasteiger charge is 2.28. The second-order valence-electron chi connectivity index (χ2n) is 8.59. The maximum absolute atomic E-state index is 15.2. The Kier molecular flexibility index (Phi) is 5.37. The first-order valence-electron chi connectivity index (χ1n) is 10.7. The lowest BCUT2D eigenvalue weighted by atomic mass is 9.95. The van der Waals surface area contributed by atoms with E-state index >= 15 is 4.39 Å². The minimum Gasteiger partial charge on any atom is -0.375 e. The van der Waals surface area contributed by atoms with Crippen molar-refractivity contribution in [3.05, 3.63) is 53.4 Å². The maximum Gasteiger partial charge on any atom is 0.257 e. The van der Waals surface area contributed by atoms with Gasteiger partial charge in [0.15, 0.2) is 0 Å². The maximum atomic E-state index is 15.2. The predicted molar refractivity (Wildman–Crippen MR) is 121 cm³/mol. The Morgan fingerprint density at radius 1 is 1.18 bits per heavy atom. The fourth-order valence-electron chi connectivity index (χ4n) is 3.90. The number of rotatable bonds is 2. The van der Waals surface area contributed by atoms with Crippen LogP contribution in [0, 0.1) is 30.0 Å². The van der Waals surface area contributed by atoms with E-state index in [0.29, 0.717) is 58.4 Å². The highest BCUT2D eigenvalue weighted by molar-refractivity contribution is 5.94. The van der Waals surface area contributed by atoms with Gasteiger partial charge < -0.3 is 9.64 Å². The van der Waals surface area contributed by atoms with Crippen LogP contribution in [0.25, 0.3) is 16.7 Å². The molecule has 0 spiro atoms. The molecule has 0 unspecified atom stereocenters. The highest BCUT2D eigenvalue weighted by Crippen LogP contribution is 2.36. The number of aromatic nitrogens is 5. The lowest BCUT2D eigenvalue weighted by Gasteiger charge is -2.25. The molecule has 0 amide bonds. The van der Waals surface area contributed by atoms with Crippen molar-refractivity contribution >= 4 is 28.2 Å². The van der Waals surface area contributed by atoms with E-state index in [1.165, 1.54) is 19.9 Å². The molecular weight excluding hydrogens is 445 g/mol. The Morgan fingerprint density at radius 3 is 2.79 bits per heavy atom. The summed E-state index contributed by atoms with van der Waals surface area (Å²) >= 11 is 0. The number of anilines is 2. The molecule has 0 bridgehead atoms. The van der Waals surface area contributed by atoms with Gasteiger partial charge in [-0.15, -0.1) is 10.2 Å². The Balaban J connectivity index is 1.73. The number of hydrogen-bond acceptors (Lipinski definition) is 6. The summed E-state index contributed by atoms with van der Waals surface area (Å²) < 4.78 is 49.3. The summed E-state index contributed by atoms with van der Waals surface area (Å²) in [6, 6.07) is 6.56. The third-order valence-electron chi connectivity index (χ3n) is 5.80. The van der Waals surface area contributed by atoms with Crippen molar-refractivity contribution in [1.29, 1.82) is 0 Å². The van der Waals surface area contributed by atoms with Gasteiger partial charge in [-0.2, -0.15) is 4.98 Å². The second-order valence-corrected chi connectivity index (χ2v) is 8.59. The number of pyridine rings is 1. The van der Waals surface area contributed by atoms with Gasteiger partial charge in [-0.25, -0.2) is 18.2 Å². The first-order valence-corrected chi connectivity index (χ1v) is 10.7. The molecule has 1 aliphatic rings. The first-order chi connectivity index (χ1) is 16.3. The summed E-state index contributed by atoms with van der Waals surface area (Å²) in [7, 11) is 0. The van der Waals surface area contributed by atoms with Crippen LogP contribution in [-0.2, 0) is 11.3 Å². The Labute approximate surface area is 193 Å². The van der Waals surface area contributed by atoms with Crippen LogP contribution in [0.15, 0.2) is 30.5 Å². The number of benzene rings is 1. The van der Waals surface area contributed by atoms with E-state index in [-0.39, 0.29) is 6.61 Å². The molecule has 1 aliphatic heterocycles. The van der Waals surface area contributed by atoms with E-state index in [9.17, 15) is 8.78 Å². The quantitative estimate of drug-likeness (QED) is 0.407. The predicted octanol–water partition coefficient (Wildman–Crippen LogP) is 4.43. The summed E-state index contributed by atoms with van der Waals surface area (Å²) in [5.74, 6) is 6.29. The van der Waals surface area contributed by atoms with Crippen LogP contribution in [0.4, 0.5) is 24.7 Å². The number of ether oxygens (including phenoxy) is 1. The van der Waals surface area contributed by atoms with Crippen LogP contribution >= 0.6 is 0 Å². The van der Waals surface area contributed by atoms with Crippen LogP contribution < -0.4 is 4.90 Å². The number of fused-ring (bicyclic) bond motifs is 4. The van der Waals surface area contributed by atoms with Crippen molar-refractivity contribution in [1.82, 2.24) is 24.6 Å². The molecule has 174 valence electrons. The molecule has 5 rings (SSSR count). The molecule has 7 nitrogen and oxygen atoms in total. The number of hydrogen-bond donors (Lipinski definition) is 0. The fraction of sp³-hybridized carbons (Fsp3) is 0.333. The molecule has 34 heavy (non-hydrogen) atoms. The minimum absolute atomic E-state index is 0.186. The summed E-state index contributed by atoms with van der Waals surface area (Å²) in [6.07, 6.45) is -1.05. The third kappa shape index (κ3) is 3.62. The van der Waals surface area contributed by atoms with Gasteiger partial charge in [0, 0.05) is 18.3 Å². The summed E-state index contributed by atoms with van der Waals surface area (Å²) in [5, 5.41) is 8.55. The Morgan fingerprint density at radius 2 is 2.00 bits per heavy atom. The molecule has 0 atom stereocenters. The highest BCUT2D eigenvalue weighted by atomic mass is 19.3. The van der Waals surface area contributed by atoms with Crippen molar-refractivity contribution in [3.8, 4) is 11.8 Å². The number of aryl methyl sites for hydroxylation is 1. The van der Waals surface area contributed by atoms with E-state index in [2.05, 4.69) is 32.0 Å². The second kappa shape index (κ2) is 8.25. The fourth-order valence-corrected chi connectivity index (χ4v) is 3.90. The van der Waals surface area contributed by atoms with E-state index in [0.717, 1.165) is 0 Å². The van der Waals surface area contributed by atoms with Gasteiger partial charge in [0.2, 0.25) is 0 Å². The zero-order chi connectivity index (χ0) is 24.0. The van der Waals surface area contributed by atoms with Gasteiger partial charge in [-0.1, -0.05) is 12.0 Å². The van der Waals surface area contributed by atoms with Gasteiger partial charge in [-0.3, -0.25) is 4.40 Å². The topological polar surface area (TPSA) is 68.4 Å². The smallest absolute Gasteiger partial charge is 0.257 e. The zero-order valence-electron chi connectivity index (χ0n) is 18.8. The summed E-state index contributed by atoms with van der Waals surface area (Å²) in [4.78, 5) is 10.8. The molecule has 1 aromatic carbocycles. The Bertz CT molecular complexity index is 1470. The minimum atomic E-state index is -2.60. The third-order valence-corrected chi connectivity index (χ3v) is 5.80. The standard InChI is InChI=1S/C24H21F3N6O/c1-14-30-31-23-29-21(20-16(25)5-4-6-19(20)33(14)23)32-11-12-34-13-15-17(28-10-8-18(15)32)7-9-24(2,3)22(26)27/h4-6,8,10,22H,11-13H2,1-3H3.